The first-order valence-corrected chi connectivity index (χ1v) is 8.73. The maximum absolute atomic E-state index is 12.9. The largest absolute Gasteiger partial charge is 0.468 e. The first-order valence-electron chi connectivity index (χ1n) is 8.73. The zero-order valence-corrected chi connectivity index (χ0v) is 16.5. The Kier molecular flexibility index (Phi) is 7.24. The molecule has 0 bridgehead atoms. The Morgan fingerprint density at radius 3 is 2.07 bits per heavy atom. The van der Waals surface area contributed by atoms with Crippen molar-refractivity contribution in [3.05, 3.63) is 42.1 Å². The molecule has 1 N–H and O–H groups in total. The van der Waals surface area contributed by atoms with Crippen LogP contribution < -0.4 is 5.32 Å². The van der Waals surface area contributed by atoms with Crippen LogP contribution >= 0.6 is 0 Å². The van der Waals surface area contributed by atoms with Gasteiger partial charge in [-0.25, -0.2) is 4.79 Å². The minimum absolute atomic E-state index is 0.282. The molecule has 154 valence electrons. The second kappa shape index (κ2) is 9.63. The molecule has 0 fully saturated rings. The first kappa shape index (κ1) is 21.8. The van der Waals surface area contributed by atoms with Gasteiger partial charge in [0.05, 0.1) is 32.4 Å². The Hall–Kier alpha value is -3.49. The predicted octanol–water partition coefficient (Wildman–Crippen LogP) is 1.10. The number of hydrogen-bond acceptors (Lipinski definition) is 8. The highest BCUT2D eigenvalue weighted by Crippen LogP contribution is 2.22. The highest BCUT2D eigenvalue weighted by molar-refractivity contribution is 6.07. The van der Waals surface area contributed by atoms with Crippen LogP contribution in [0.5, 0.6) is 0 Å². The number of fused-ring (bicyclic) bond motifs is 1. The Bertz CT molecular complexity index is 907. The lowest BCUT2D eigenvalue weighted by molar-refractivity contribution is -0.162. The van der Waals surface area contributed by atoms with E-state index in [0.29, 0.717) is 10.9 Å². The van der Waals surface area contributed by atoms with E-state index in [9.17, 15) is 19.2 Å². The van der Waals surface area contributed by atoms with Gasteiger partial charge in [0.25, 0.3) is 5.91 Å². The molecule has 0 aliphatic heterocycles. The van der Waals surface area contributed by atoms with Gasteiger partial charge in [-0.3, -0.25) is 19.4 Å². The fourth-order valence-corrected chi connectivity index (χ4v) is 3.02. The second-order valence-electron chi connectivity index (χ2n) is 6.23. The summed E-state index contributed by atoms with van der Waals surface area (Å²) in [7, 11) is 3.36. The first-order chi connectivity index (χ1) is 13.8. The Balaban J connectivity index is 2.39. The third-order valence-electron chi connectivity index (χ3n) is 4.60. The van der Waals surface area contributed by atoms with Crippen LogP contribution in [0.1, 0.15) is 17.3 Å². The zero-order valence-electron chi connectivity index (χ0n) is 16.5. The standard InChI is InChI=1S/C20H22N2O7/c1-11(15(18(24)27-2)19(25)28-3)16(20(26)29-4)22-17(23)13-9-10-21-14-8-6-5-7-12(13)14/h5-11,15-16H,1-4H3,(H,22,23)/t11-,16-/m0/s1. The van der Waals surface area contributed by atoms with Crippen molar-refractivity contribution in [1.82, 2.24) is 10.3 Å². The minimum atomic E-state index is -1.43. The van der Waals surface area contributed by atoms with Gasteiger partial charge in [0, 0.05) is 17.5 Å². The number of para-hydroxylation sites is 1. The molecule has 0 saturated heterocycles. The Morgan fingerprint density at radius 1 is 0.897 bits per heavy atom. The van der Waals surface area contributed by atoms with Gasteiger partial charge in [-0.2, -0.15) is 0 Å². The lowest BCUT2D eigenvalue weighted by atomic mass is 9.87. The summed E-state index contributed by atoms with van der Waals surface area (Å²) in [5.74, 6) is -5.60. The minimum Gasteiger partial charge on any atom is -0.468 e. The molecule has 0 saturated carbocycles. The van der Waals surface area contributed by atoms with Crippen molar-refractivity contribution in [3.63, 3.8) is 0 Å². The number of benzene rings is 1. The number of carbonyl (C=O) groups excluding carboxylic acids is 4. The molecule has 1 aromatic carbocycles. The van der Waals surface area contributed by atoms with Gasteiger partial charge < -0.3 is 19.5 Å². The smallest absolute Gasteiger partial charge is 0.328 e. The number of methoxy groups -OCH3 is 3. The summed E-state index contributed by atoms with van der Waals surface area (Å²) < 4.78 is 14.1. The number of nitrogens with zero attached hydrogens (tertiary/aromatic N) is 1. The summed E-state index contributed by atoms with van der Waals surface area (Å²) in [4.78, 5) is 53.7. The molecule has 0 radical (unpaired) electrons. The molecule has 1 amide bonds. The molecule has 9 heteroatoms. The number of esters is 3. The summed E-state index contributed by atoms with van der Waals surface area (Å²) in [6, 6.07) is 7.22. The second-order valence-corrected chi connectivity index (χ2v) is 6.23. The van der Waals surface area contributed by atoms with Crippen LogP contribution in [0.2, 0.25) is 0 Å². The molecule has 2 rings (SSSR count). The van der Waals surface area contributed by atoms with Gasteiger partial charge in [-0.05, 0) is 12.1 Å². The topological polar surface area (TPSA) is 121 Å². The van der Waals surface area contributed by atoms with E-state index in [1.165, 1.54) is 19.2 Å². The molecule has 0 spiro atoms. The van der Waals surface area contributed by atoms with Gasteiger partial charge in [0.15, 0.2) is 5.92 Å². The van der Waals surface area contributed by atoms with Crippen LogP contribution in [-0.4, -0.2) is 56.2 Å². The molecule has 0 aliphatic rings. The molecule has 0 aliphatic carbocycles. The van der Waals surface area contributed by atoms with E-state index in [1.54, 1.807) is 24.3 Å². The van der Waals surface area contributed by atoms with Crippen molar-refractivity contribution in [2.75, 3.05) is 21.3 Å². The van der Waals surface area contributed by atoms with Crippen molar-refractivity contribution in [3.8, 4) is 0 Å². The van der Waals surface area contributed by atoms with E-state index in [1.807, 2.05) is 0 Å². The van der Waals surface area contributed by atoms with Crippen LogP contribution in [0.3, 0.4) is 0 Å². The molecular formula is C20H22N2O7. The van der Waals surface area contributed by atoms with Crippen LogP contribution in [0.25, 0.3) is 10.9 Å². The SMILES string of the molecule is COC(=O)C(C(=O)OC)[C@H](C)[C@H](NC(=O)c1ccnc2ccccc12)C(=O)OC. The molecule has 1 aromatic heterocycles. The zero-order chi connectivity index (χ0) is 21.6. The van der Waals surface area contributed by atoms with Crippen molar-refractivity contribution in [1.29, 1.82) is 0 Å². The third kappa shape index (κ3) is 4.68. The van der Waals surface area contributed by atoms with Gasteiger partial charge in [-0.15, -0.1) is 0 Å². The maximum Gasteiger partial charge on any atom is 0.328 e. The highest BCUT2D eigenvalue weighted by atomic mass is 16.5. The van der Waals surface area contributed by atoms with E-state index in [4.69, 9.17) is 4.74 Å². The molecule has 1 heterocycles. The van der Waals surface area contributed by atoms with E-state index < -0.39 is 41.7 Å². The van der Waals surface area contributed by atoms with Gasteiger partial charge >= 0.3 is 17.9 Å². The highest BCUT2D eigenvalue weighted by Gasteiger charge is 2.42. The normalized spacial score (nSPS) is 12.7. The monoisotopic (exact) mass is 402 g/mol. The number of pyridine rings is 1. The Labute approximate surface area is 167 Å². The summed E-state index contributed by atoms with van der Waals surface area (Å²) in [5, 5.41) is 3.14. The quantitative estimate of drug-likeness (QED) is 0.415. The molecule has 29 heavy (non-hydrogen) atoms. The maximum atomic E-state index is 12.9. The Morgan fingerprint density at radius 2 is 1.48 bits per heavy atom. The average Bonchev–Trinajstić information content (AvgIpc) is 2.75. The lowest BCUT2D eigenvalue weighted by Gasteiger charge is -2.27. The summed E-state index contributed by atoms with van der Waals surface area (Å²) >= 11 is 0. The van der Waals surface area contributed by atoms with Gasteiger partial charge in [0.2, 0.25) is 0 Å². The number of amides is 1. The fraction of sp³-hybridized carbons (Fsp3) is 0.350. The number of hydrogen-bond donors (Lipinski definition) is 1. The van der Waals surface area contributed by atoms with Crippen molar-refractivity contribution < 1.29 is 33.4 Å². The fourth-order valence-electron chi connectivity index (χ4n) is 3.02. The predicted molar refractivity (Wildman–Crippen MR) is 102 cm³/mol. The summed E-state index contributed by atoms with van der Waals surface area (Å²) in [5.41, 5.74) is 0.884. The number of carbonyl (C=O) groups is 4. The lowest BCUT2D eigenvalue weighted by Crippen LogP contribution is -2.51. The van der Waals surface area contributed by atoms with Crippen LogP contribution in [0.4, 0.5) is 0 Å². The molecule has 2 atom stereocenters. The number of rotatable bonds is 7. The average molecular weight is 402 g/mol. The van der Waals surface area contributed by atoms with Crippen molar-refractivity contribution in [2.24, 2.45) is 11.8 Å². The number of nitrogens with one attached hydrogen (secondary N) is 1. The van der Waals surface area contributed by atoms with Crippen LogP contribution in [0.15, 0.2) is 36.5 Å². The molecule has 2 aromatic rings. The van der Waals surface area contributed by atoms with Crippen LogP contribution in [-0.2, 0) is 28.6 Å². The van der Waals surface area contributed by atoms with Gasteiger partial charge in [0.1, 0.15) is 6.04 Å². The third-order valence-corrected chi connectivity index (χ3v) is 4.60. The van der Waals surface area contributed by atoms with Crippen LogP contribution in [0, 0.1) is 11.8 Å². The molecular weight excluding hydrogens is 380 g/mol. The van der Waals surface area contributed by atoms with Crippen molar-refractivity contribution >= 4 is 34.7 Å². The number of ether oxygens (including phenoxy) is 3. The molecule has 9 nitrogen and oxygen atoms in total. The summed E-state index contributed by atoms with van der Waals surface area (Å²) in [6.45, 7) is 1.45. The van der Waals surface area contributed by atoms with E-state index in [-0.39, 0.29) is 5.56 Å². The molecule has 0 unspecified atom stereocenters. The van der Waals surface area contributed by atoms with Gasteiger partial charge in [-0.1, -0.05) is 25.1 Å². The number of aromatic nitrogens is 1. The van der Waals surface area contributed by atoms with E-state index >= 15 is 0 Å². The van der Waals surface area contributed by atoms with Crippen molar-refractivity contribution in [2.45, 2.75) is 13.0 Å². The summed E-state index contributed by atoms with van der Waals surface area (Å²) in [6.07, 6.45) is 1.47. The van der Waals surface area contributed by atoms with E-state index in [2.05, 4.69) is 19.8 Å². The van der Waals surface area contributed by atoms with E-state index in [0.717, 1.165) is 21.3 Å².